The summed E-state index contributed by atoms with van der Waals surface area (Å²) in [6.07, 6.45) is -0.0752. The van der Waals surface area contributed by atoms with E-state index in [2.05, 4.69) is 5.32 Å². The molecule has 0 saturated heterocycles. The number of carboxylic acids is 1. The highest BCUT2D eigenvalue weighted by Gasteiger charge is 2.20. The Bertz CT molecular complexity index is 493. The number of nitrogens with one attached hydrogen (secondary N) is 1. The predicted molar refractivity (Wildman–Crippen MR) is 80.6 cm³/mol. The second kappa shape index (κ2) is 9.02. The Labute approximate surface area is 127 Å². The van der Waals surface area contributed by atoms with Gasteiger partial charge in [-0.25, -0.2) is 4.79 Å². The SMILES string of the molecule is NC(=O)CC[C@@H](NC(=O)CSCc1ccccc1)C(=O)O. The molecule has 4 N–H and O–H groups in total. The highest BCUT2D eigenvalue weighted by Crippen LogP contribution is 2.11. The van der Waals surface area contributed by atoms with E-state index in [1.54, 1.807) is 0 Å². The van der Waals surface area contributed by atoms with Crippen LogP contribution in [0, 0.1) is 0 Å². The van der Waals surface area contributed by atoms with Crippen LogP contribution in [0.15, 0.2) is 30.3 Å². The minimum absolute atomic E-state index is 0.000239. The molecule has 2 amide bonds. The number of rotatable bonds is 9. The summed E-state index contributed by atoms with van der Waals surface area (Å²) < 4.78 is 0. The third kappa shape index (κ3) is 7.36. The monoisotopic (exact) mass is 310 g/mol. The normalized spacial score (nSPS) is 11.6. The van der Waals surface area contributed by atoms with Crippen LogP contribution in [-0.4, -0.2) is 34.7 Å². The minimum atomic E-state index is -1.17. The third-order valence-electron chi connectivity index (χ3n) is 2.66. The maximum atomic E-state index is 11.7. The molecule has 0 spiro atoms. The molecule has 0 aromatic heterocycles. The van der Waals surface area contributed by atoms with Gasteiger partial charge in [0.2, 0.25) is 11.8 Å². The van der Waals surface area contributed by atoms with E-state index >= 15 is 0 Å². The second-order valence-corrected chi connectivity index (χ2v) is 5.43. The minimum Gasteiger partial charge on any atom is -0.480 e. The number of hydrogen-bond acceptors (Lipinski definition) is 4. The van der Waals surface area contributed by atoms with Gasteiger partial charge in [-0.05, 0) is 12.0 Å². The Morgan fingerprint density at radius 3 is 2.48 bits per heavy atom. The van der Waals surface area contributed by atoms with Crippen molar-refractivity contribution in [2.45, 2.75) is 24.6 Å². The summed E-state index contributed by atoms with van der Waals surface area (Å²) in [6.45, 7) is 0. The van der Waals surface area contributed by atoms with E-state index in [4.69, 9.17) is 10.8 Å². The lowest BCUT2D eigenvalue weighted by molar-refractivity contribution is -0.141. The average Bonchev–Trinajstić information content (AvgIpc) is 2.44. The highest BCUT2D eigenvalue weighted by molar-refractivity contribution is 7.99. The number of carbonyl (C=O) groups is 3. The molecule has 1 aromatic rings. The van der Waals surface area contributed by atoms with Crippen LogP contribution in [0.1, 0.15) is 18.4 Å². The molecule has 0 fully saturated rings. The Morgan fingerprint density at radius 2 is 1.90 bits per heavy atom. The van der Waals surface area contributed by atoms with Crippen molar-refractivity contribution >= 4 is 29.5 Å². The fourth-order valence-corrected chi connectivity index (χ4v) is 2.41. The third-order valence-corrected chi connectivity index (χ3v) is 3.66. The number of carbonyl (C=O) groups excluding carboxylic acids is 2. The topological polar surface area (TPSA) is 109 Å². The summed E-state index contributed by atoms with van der Waals surface area (Å²) >= 11 is 1.40. The van der Waals surface area contributed by atoms with E-state index in [1.165, 1.54) is 11.8 Å². The first-order valence-electron chi connectivity index (χ1n) is 6.41. The van der Waals surface area contributed by atoms with Crippen LogP contribution in [-0.2, 0) is 20.1 Å². The molecule has 0 unspecified atom stereocenters. The summed E-state index contributed by atoms with van der Waals surface area (Å²) in [4.78, 5) is 33.3. The molecule has 0 saturated carbocycles. The van der Waals surface area contributed by atoms with Gasteiger partial charge in [0.05, 0.1) is 5.75 Å². The van der Waals surface area contributed by atoms with Crippen molar-refractivity contribution in [3.63, 3.8) is 0 Å². The molecule has 1 rings (SSSR count). The smallest absolute Gasteiger partial charge is 0.326 e. The van der Waals surface area contributed by atoms with E-state index in [1.807, 2.05) is 30.3 Å². The fraction of sp³-hybridized carbons (Fsp3) is 0.357. The molecular formula is C14H18N2O4S. The Balaban J connectivity index is 2.33. The molecule has 6 nitrogen and oxygen atoms in total. The van der Waals surface area contributed by atoms with Gasteiger partial charge >= 0.3 is 5.97 Å². The lowest BCUT2D eigenvalue weighted by Crippen LogP contribution is -2.42. The van der Waals surface area contributed by atoms with E-state index in [0.717, 1.165) is 5.56 Å². The van der Waals surface area contributed by atoms with Crippen molar-refractivity contribution in [3.05, 3.63) is 35.9 Å². The van der Waals surface area contributed by atoms with Crippen LogP contribution in [0.5, 0.6) is 0 Å². The molecule has 0 heterocycles. The van der Waals surface area contributed by atoms with Gasteiger partial charge in [0, 0.05) is 12.2 Å². The second-order valence-electron chi connectivity index (χ2n) is 4.44. The number of primary amides is 1. The summed E-state index contributed by atoms with van der Waals surface area (Å²) in [5.74, 6) is -1.29. The van der Waals surface area contributed by atoms with Gasteiger partial charge in [0.1, 0.15) is 6.04 Å². The lowest BCUT2D eigenvalue weighted by atomic mass is 10.1. The summed E-state index contributed by atoms with van der Waals surface area (Å²) in [5.41, 5.74) is 6.06. The quantitative estimate of drug-likeness (QED) is 0.623. The number of nitrogens with two attached hydrogens (primary N) is 1. The van der Waals surface area contributed by atoms with Gasteiger partial charge in [0.15, 0.2) is 0 Å². The largest absolute Gasteiger partial charge is 0.480 e. The van der Waals surface area contributed by atoms with Crippen molar-refractivity contribution in [1.29, 1.82) is 0 Å². The molecule has 7 heteroatoms. The summed E-state index contributed by atoms with van der Waals surface area (Å²) in [7, 11) is 0. The molecule has 0 bridgehead atoms. The number of hydrogen-bond donors (Lipinski definition) is 3. The summed E-state index contributed by atoms with van der Waals surface area (Å²) in [5, 5.41) is 11.4. The van der Waals surface area contributed by atoms with Crippen LogP contribution in [0.25, 0.3) is 0 Å². The van der Waals surface area contributed by atoms with Crippen molar-refractivity contribution in [1.82, 2.24) is 5.32 Å². The van der Waals surface area contributed by atoms with Crippen LogP contribution in [0.4, 0.5) is 0 Å². The number of carboxylic acid groups (broad SMARTS) is 1. The van der Waals surface area contributed by atoms with Crippen LogP contribution >= 0.6 is 11.8 Å². The molecule has 0 aliphatic heterocycles. The zero-order chi connectivity index (χ0) is 15.7. The van der Waals surface area contributed by atoms with Crippen molar-refractivity contribution < 1.29 is 19.5 Å². The molecule has 0 aliphatic carbocycles. The molecule has 0 aliphatic rings. The zero-order valence-corrected chi connectivity index (χ0v) is 12.3. The van der Waals surface area contributed by atoms with Crippen LogP contribution < -0.4 is 11.1 Å². The number of thioether (sulfide) groups is 1. The Kier molecular flexibility index (Phi) is 7.31. The Hall–Kier alpha value is -2.02. The van der Waals surface area contributed by atoms with Gasteiger partial charge in [-0.15, -0.1) is 11.8 Å². The lowest BCUT2D eigenvalue weighted by Gasteiger charge is -2.13. The first-order valence-corrected chi connectivity index (χ1v) is 7.56. The van der Waals surface area contributed by atoms with Crippen LogP contribution in [0.2, 0.25) is 0 Å². The predicted octanol–water partition coefficient (Wildman–Crippen LogP) is 0.755. The Morgan fingerprint density at radius 1 is 1.24 bits per heavy atom. The maximum Gasteiger partial charge on any atom is 0.326 e. The molecule has 1 atom stereocenters. The van der Waals surface area contributed by atoms with Crippen molar-refractivity contribution in [3.8, 4) is 0 Å². The summed E-state index contributed by atoms with van der Waals surface area (Å²) in [6, 6.07) is 8.58. The maximum absolute atomic E-state index is 11.7. The standard InChI is InChI=1S/C14H18N2O4S/c15-12(17)7-6-11(14(19)20)16-13(18)9-21-8-10-4-2-1-3-5-10/h1-5,11H,6-9H2,(H2,15,17)(H,16,18)(H,19,20)/t11-/m1/s1. The van der Waals surface area contributed by atoms with Gasteiger partial charge in [-0.3, -0.25) is 9.59 Å². The fourth-order valence-electron chi connectivity index (χ4n) is 1.62. The first-order chi connectivity index (χ1) is 9.99. The van der Waals surface area contributed by atoms with E-state index in [0.29, 0.717) is 5.75 Å². The highest BCUT2D eigenvalue weighted by atomic mass is 32.2. The molecular weight excluding hydrogens is 292 g/mol. The first kappa shape index (κ1) is 17.0. The van der Waals surface area contributed by atoms with E-state index in [9.17, 15) is 14.4 Å². The average molecular weight is 310 g/mol. The van der Waals surface area contributed by atoms with Crippen molar-refractivity contribution in [2.24, 2.45) is 5.73 Å². The number of benzene rings is 1. The zero-order valence-electron chi connectivity index (χ0n) is 11.5. The van der Waals surface area contributed by atoms with Crippen molar-refractivity contribution in [2.75, 3.05) is 5.75 Å². The van der Waals surface area contributed by atoms with E-state index in [-0.39, 0.29) is 24.5 Å². The molecule has 0 radical (unpaired) electrons. The van der Waals surface area contributed by atoms with Crippen LogP contribution in [0.3, 0.4) is 0 Å². The van der Waals surface area contributed by atoms with E-state index < -0.39 is 17.9 Å². The van der Waals surface area contributed by atoms with Gasteiger partial charge in [-0.2, -0.15) is 0 Å². The molecule has 1 aromatic carbocycles. The number of aliphatic carboxylic acids is 1. The number of amides is 2. The van der Waals surface area contributed by atoms with Gasteiger partial charge in [-0.1, -0.05) is 30.3 Å². The van der Waals surface area contributed by atoms with Gasteiger partial charge < -0.3 is 16.2 Å². The molecule has 21 heavy (non-hydrogen) atoms. The molecule has 114 valence electrons. The van der Waals surface area contributed by atoms with Gasteiger partial charge in [0.25, 0.3) is 0 Å².